The Morgan fingerprint density at radius 3 is 2.83 bits per heavy atom. The molecule has 0 unspecified atom stereocenters. The number of aromatic nitrogens is 1. The lowest BCUT2D eigenvalue weighted by atomic mass is 10.3. The molecule has 2 rings (SSSR count). The maximum atomic E-state index is 10.8. The maximum Gasteiger partial charge on any atom is 0.276 e. The Morgan fingerprint density at radius 1 is 1.56 bits per heavy atom. The number of nitro groups is 1. The molecule has 0 bridgehead atoms. The average molecular weight is 270 g/mol. The Labute approximate surface area is 111 Å². The molecular weight excluding hydrogens is 254 g/mol. The van der Waals surface area contributed by atoms with Crippen LogP contribution in [0, 0.1) is 16.0 Å². The molecule has 0 N–H and O–H groups in total. The van der Waals surface area contributed by atoms with E-state index in [4.69, 9.17) is 11.6 Å². The van der Waals surface area contributed by atoms with Crippen molar-refractivity contribution in [1.82, 2.24) is 4.98 Å². The van der Waals surface area contributed by atoms with Crippen LogP contribution in [0.3, 0.4) is 0 Å². The topological polar surface area (TPSA) is 59.3 Å². The molecule has 1 aromatic heterocycles. The van der Waals surface area contributed by atoms with Crippen molar-refractivity contribution in [1.29, 1.82) is 0 Å². The number of rotatable bonds is 6. The summed E-state index contributed by atoms with van der Waals surface area (Å²) in [6.07, 6.45) is 3.46. The first kappa shape index (κ1) is 13.1. The predicted octanol–water partition coefficient (Wildman–Crippen LogP) is 3.27. The number of anilines is 1. The van der Waals surface area contributed by atoms with Gasteiger partial charge in [0.05, 0.1) is 17.1 Å². The van der Waals surface area contributed by atoms with Crippen molar-refractivity contribution < 1.29 is 4.92 Å². The molecule has 98 valence electrons. The van der Waals surface area contributed by atoms with Crippen LogP contribution in [0.2, 0.25) is 5.15 Å². The lowest BCUT2D eigenvalue weighted by molar-refractivity contribution is -0.384. The lowest BCUT2D eigenvalue weighted by Crippen LogP contribution is -2.27. The van der Waals surface area contributed by atoms with Gasteiger partial charge in [0.1, 0.15) is 11.0 Å². The summed E-state index contributed by atoms with van der Waals surface area (Å²) in [5.41, 5.74) is 0.00176. The van der Waals surface area contributed by atoms with E-state index in [2.05, 4.69) is 16.8 Å². The summed E-state index contributed by atoms with van der Waals surface area (Å²) in [5, 5.41) is 11.0. The van der Waals surface area contributed by atoms with Gasteiger partial charge in [-0.2, -0.15) is 0 Å². The third-order valence-electron chi connectivity index (χ3n) is 2.97. The summed E-state index contributed by atoms with van der Waals surface area (Å²) in [6, 6.07) is 2.79. The molecular formula is C12H16ClN3O2. The quantitative estimate of drug-likeness (QED) is 0.452. The number of halogens is 1. The smallest absolute Gasteiger partial charge is 0.276 e. The highest BCUT2D eigenvalue weighted by Crippen LogP contribution is 2.32. The van der Waals surface area contributed by atoms with E-state index in [-0.39, 0.29) is 10.8 Å². The standard InChI is InChI=1S/C12H16ClN3O2/c1-2-5-15(8-9-3-4-9)12-7-10(16(17)18)6-11(13)14-12/h6-7,9H,2-5,8H2,1H3. The molecule has 1 fully saturated rings. The molecule has 1 heterocycles. The van der Waals surface area contributed by atoms with Gasteiger partial charge in [-0.3, -0.25) is 10.1 Å². The maximum absolute atomic E-state index is 10.8. The van der Waals surface area contributed by atoms with Crippen LogP contribution < -0.4 is 4.90 Å². The van der Waals surface area contributed by atoms with Crippen molar-refractivity contribution in [2.75, 3.05) is 18.0 Å². The van der Waals surface area contributed by atoms with Gasteiger partial charge in [-0.25, -0.2) is 4.98 Å². The first-order valence-corrected chi connectivity index (χ1v) is 6.55. The molecule has 6 heteroatoms. The second-order valence-electron chi connectivity index (χ2n) is 4.65. The van der Waals surface area contributed by atoms with Crippen molar-refractivity contribution in [3.8, 4) is 0 Å². The summed E-state index contributed by atoms with van der Waals surface area (Å²) in [5.74, 6) is 1.32. The zero-order valence-corrected chi connectivity index (χ0v) is 11.1. The van der Waals surface area contributed by atoms with E-state index in [1.54, 1.807) is 0 Å². The summed E-state index contributed by atoms with van der Waals surface area (Å²) < 4.78 is 0. The van der Waals surface area contributed by atoms with E-state index in [1.807, 2.05) is 0 Å². The van der Waals surface area contributed by atoms with Gasteiger partial charge in [0.25, 0.3) is 5.69 Å². The molecule has 1 aliphatic carbocycles. The fraction of sp³-hybridized carbons (Fsp3) is 0.583. The van der Waals surface area contributed by atoms with Crippen LogP contribution in [-0.2, 0) is 0 Å². The van der Waals surface area contributed by atoms with Gasteiger partial charge in [0.2, 0.25) is 0 Å². The second-order valence-corrected chi connectivity index (χ2v) is 5.04. The van der Waals surface area contributed by atoms with Gasteiger partial charge in [0.15, 0.2) is 0 Å². The summed E-state index contributed by atoms with van der Waals surface area (Å²) in [6.45, 7) is 3.85. The predicted molar refractivity (Wildman–Crippen MR) is 71.1 cm³/mol. The van der Waals surface area contributed by atoms with Gasteiger partial charge in [0, 0.05) is 13.1 Å². The third-order valence-corrected chi connectivity index (χ3v) is 3.16. The van der Waals surface area contributed by atoms with Crippen LogP contribution in [-0.4, -0.2) is 23.0 Å². The molecule has 0 aliphatic heterocycles. The number of nitrogens with zero attached hydrogens (tertiary/aromatic N) is 3. The minimum Gasteiger partial charge on any atom is -0.356 e. The van der Waals surface area contributed by atoms with Crippen LogP contribution >= 0.6 is 11.6 Å². The molecule has 1 aliphatic rings. The third kappa shape index (κ3) is 3.32. The summed E-state index contributed by atoms with van der Waals surface area (Å²) >= 11 is 5.85. The van der Waals surface area contributed by atoms with Crippen molar-refractivity contribution >= 4 is 23.1 Å². The van der Waals surface area contributed by atoms with E-state index in [9.17, 15) is 10.1 Å². The van der Waals surface area contributed by atoms with Gasteiger partial charge >= 0.3 is 0 Å². The van der Waals surface area contributed by atoms with Crippen molar-refractivity contribution in [2.45, 2.75) is 26.2 Å². The largest absolute Gasteiger partial charge is 0.356 e. The van der Waals surface area contributed by atoms with E-state index in [0.717, 1.165) is 19.5 Å². The molecule has 1 saturated carbocycles. The highest BCUT2D eigenvalue weighted by Gasteiger charge is 2.25. The fourth-order valence-electron chi connectivity index (χ4n) is 1.92. The fourth-order valence-corrected chi connectivity index (χ4v) is 2.12. The Morgan fingerprint density at radius 2 is 2.28 bits per heavy atom. The monoisotopic (exact) mass is 269 g/mol. The average Bonchev–Trinajstić information content (AvgIpc) is 3.11. The Kier molecular flexibility index (Phi) is 4.01. The van der Waals surface area contributed by atoms with Gasteiger partial charge in [-0.05, 0) is 25.2 Å². The highest BCUT2D eigenvalue weighted by atomic mass is 35.5. The van der Waals surface area contributed by atoms with Crippen LogP contribution in [0.4, 0.5) is 11.5 Å². The van der Waals surface area contributed by atoms with Crippen LogP contribution in [0.1, 0.15) is 26.2 Å². The highest BCUT2D eigenvalue weighted by molar-refractivity contribution is 6.29. The Bertz CT molecular complexity index is 449. The number of hydrogen-bond donors (Lipinski definition) is 0. The van der Waals surface area contributed by atoms with Crippen LogP contribution in [0.5, 0.6) is 0 Å². The van der Waals surface area contributed by atoms with E-state index in [0.29, 0.717) is 11.7 Å². The molecule has 0 aromatic carbocycles. The van der Waals surface area contributed by atoms with E-state index < -0.39 is 4.92 Å². The van der Waals surface area contributed by atoms with Crippen LogP contribution in [0.15, 0.2) is 12.1 Å². The second kappa shape index (κ2) is 5.52. The molecule has 18 heavy (non-hydrogen) atoms. The normalized spacial score (nSPS) is 14.6. The van der Waals surface area contributed by atoms with Crippen molar-refractivity contribution in [3.05, 3.63) is 27.4 Å². The molecule has 0 atom stereocenters. The molecule has 5 nitrogen and oxygen atoms in total. The van der Waals surface area contributed by atoms with Crippen molar-refractivity contribution in [2.24, 2.45) is 5.92 Å². The van der Waals surface area contributed by atoms with Gasteiger partial charge in [-0.15, -0.1) is 0 Å². The SMILES string of the molecule is CCCN(CC1CC1)c1cc([N+](=O)[O-])cc(Cl)n1. The Balaban J connectivity index is 2.24. The first-order valence-electron chi connectivity index (χ1n) is 6.17. The number of hydrogen-bond acceptors (Lipinski definition) is 4. The van der Waals surface area contributed by atoms with Gasteiger partial charge in [-0.1, -0.05) is 18.5 Å². The molecule has 0 spiro atoms. The lowest BCUT2D eigenvalue weighted by Gasteiger charge is -2.22. The van der Waals surface area contributed by atoms with Crippen molar-refractivity contribution in [3.63, 3.8) is 0 Å². The summed E-state index contributed by atoms with van der Waals surface area (Å²) in [4.78, 5) is 16.7. The van der Waals surface area contributed by atoms with Gasteiger partial charge < -0.3 is 4.90 Å². The number of pyridine rings is 1. The zero-order valence-electron chi connectivity index (χ0n) is 10.3. The molecule has 0 amide bonds. The van der Waals surface area contributed by atoms with E-state index >= 15 is 0 Å². The van der Waals surface area contributed by atoms with E-state index in [1.165, 1.54) is 25.0 Å². The Hall–Kier alpha value is -1.36. The molecule has 1 aromatic rings. The van der Waals surface area contributed by atoms with Crippen LogP contribution in [0.25, 0.3) is 0 Å². The molecule has 0 radical (unpaired) electrons. The molecule has 0 saturated heterocycles. The minimum atomic E-state index is -0.432. The summed E-state index contributed by atoms with van der Waals surface area (Å²) in [7, 11) is 0. The first-order chi connectivity index (χ1) is 8.60. The zero-order chi connectivity index (χ0) is 13.1. The minimum absolute atomic E-state index is 0.00176.